The van der Waals surface area contributed by atoms with Gasteiger partial charge in [0.2, 0.25) is 0 Å². The summed E-state index contributed by atoms with van der Waals surface area (Å²) < 4.78 is 54.3. The third-order valence-corrected chi connectivity index (χ3v) is 10.9. The van der Waals surface area contributed by atoms with Crippen molar-refractivity contribution in [2.45, 2.75) is 81.2 Å². The van der Waals surface area contributed by atoms with Crippen LogP contribution in [0.25, 0.3) is 0 Å². The van der Waals surface area contributed by atoms with E-state index in [1.807, 2.05) is 0 Å². The number of nitrogens with zero attached hydrogens (tertiary/aromatic N) is 1. The summed E-state index contributed by atoms with van der Waals surface area (Å²) in [6.45, 7) is 8.89. The molecule has 2 aromatic carbocycles. The molecule has 2 bridgehead atoms. The highest BCUT2D eigenvalue weighted by Crippen LogP contribution is 2.52. The SMILES string of the molecule is CC(C)N(C[C@@]1(O)[C@@H]2CC[C@H]1C[C@H](S(=O)(=O)c1cc(C(=O)Nc3ccc(F)c(F)c3)ccc1Cl)C2)C(C)C. The van der Waals surface area contributed by atoms with Gasteiger partial charge in [-0.1, -0.05) is 11.6 Å². The molecule has 2 fully saturated rings. The van der Waals surface area contributed by atoms with Gasteiger partial charge in [-0.2, -0.15) is 0 Å². The van der Waals surface area contributed by atoms with Gasteiger partial charge in [0.05, 0.1) is 20.8 Å². The predicted octanol–water partition coefficient (Wildman–Crippen LogP) is 5.68. The van der Waals surface area contributed by atoms with Crippen LogP contribution in [-0.4, -0.2) is 53.8 Å². The van der Waals surface area contributed by atoms with E-state index in [0.717, 1.165) is 25.0 Å². The first-order valence-electron chi connectivity index (χ1n) is 13.0. The molecule has 4 atom stereocenters. The monoisotopic (exact) mass is 568 g/mol. The second kappa shape index (κ2) is 10.8. The highest BCUT2D eigenvalue weighted by Gasteiger charge is 2.56. The number of carbonyl (C=O) groups is 1. The molecule has 2 saturated carbocycles. The Bertz CT molecular complexity index is 1300. The van der Waals surface area contributed by atoms with E-state index in [-0.39, 0.29) is 45.1 Å². The first-order valence-corrected chi connectivity index (χ1v) is 14.9. The molecular formula is C28H35ClF2N2O4S. The molecule has 2 N–H and O–H groups in total. The van der Waals surface area contributed by atoms with Crippen molar-refractivity contribution in [3.8, 4) is 0 Å². The van der Waals surface area contributed by atoms with Gasteiger partial charge >= 0.3 is 0 Å². The van der Waals surface area contributed by atoms with E-state index in [2.05, 4.69) is 37.9 Å². The Morgan fingerprint density at radius 2 is 1.66 bits per heavy atom. The van der Waals surface area contributed by atoms with Gasteiger partial charge in [0.1, 0.15) is 0 Å². The number of fused-ring (bicyclic) bond motifs is 2. The molecule has 0 saturated heterocycles. The second-order valence-corrected chi connectivity index (χ2v) is 13.8. The largest absolute Gasteiger partial charge is 0.388 e. The lowest BCUT2D eigenvalue weighted by atomic mass is 9.73. The number of halogens is 3. The number of carbonyl (C=O) groups excluding carboxylic acids is 1. The number of hydrogen-bond donors (Lipinski definition) is 2. The van der Waals surface area contributed by atoms with Crippen molar-refractivity contribution in [1.29, 1.82) is 0 Å². The smallest absolute Gasteiger partial charge is 0.255 e. The Kier molecular flexibility index (Phi) is 8.25. The molecule has 10 heteroatoms. The number of hydrogen-bond acceptors (Lipinski definition) is 5. The average molecular weight is 569 g/mol. The van der Waals surface area contributed by atoms with E-state index in [1.54, 1.807) is 0 Å². The molecule has 1 amide bonds. The number of amides is 1. The number of nitrogens with one attached hydrogen (secondary N) is 1. The van der Waals surface area contributed by atoms with E-state index in [4.69, 9.17) is 11.6 Å². The van der Waals surface area contributed by atoms with Gasteiger partial charge in [-0.25, -0.2) is 17.2 Å². The molecule has 0 heterocycles. The maximum Gasteiger partial charge on any atom is 0.255 e. The Labute approximate surface area is 228 Å². The van der Waals surface area contributed by atoms with Crippen LogP contribution < -0.4 is 5.32 Å². The maximum atomic E-state index is 13.8. The van der Waals surface area contributed by atoms with E-state index in [1.165, 1.54) is 24.3 Å². The Hall–Kier alpha value is -2.07. The van der Waals surface area contributed by atoms with E-state index in [9.17, 15) is 27.1 Å². The van der Waals surface area contributed by atoms with E-state index < -0.39 is 38.2 Å². The summed E-state index contributed by atoms with van der Waals surface area (Å²) >= 11 is 6.33. The first-order chi connectivity index (χ1) is 17.7. The third kappa shape index (κ3) is 5.48. The third-order valence-electron chi connectivity index (χ3n) is 8.25. The minimum atomic E-state index is -3.92. The molecule has 0 aliphatic heterocycles. The van der Waals surface area contributed by atoms with Crippen LogP contribution >= 0.6 is 11.6 Å². The highest BCUT2D eigenvalue weighted by atomic mass is 35.5. The molecule has 2 aliphatic rings. The van der Waals surface area contributed by atoms with E-state index >= 15 is 0 Å². The minimum absolute atomic E-state index is 0.00773. The molecule has 0 spiro atoms. The summed E-state index contributed by atoms with van der Waals surface area (Å²) in [5.41, 5.74) is -0.887. The van der Waals surface area contributed by atoms with Gasteiger partial charge < -0.3 is 10.4 Å². The number of aliphatic hydroxyl groups is 1. The van der Waals surface area contributed by atoms with Crippen LogP contribution in [0, 0.1) is 23.5 Å². The predicted molar refractivity (Wildman–Crippen MR) is 144 cm³/mol. The van der Waals surface area contributed by atoms with Crippen LogP contribution in [0.15, 0.2) is 41.3 Å². The number of anilines is 1. The summed E-state index contributed by atoms with van der Waals surface area (Å²) in [6, 6.07) is 7.41. The van der Waals surface area contributed by atoms with Crippen LogP contribution in [-0.2, 0) is 9.84 Å². The zero-order chi connectivity index (χ0) is 28.0. The Morgan fingerprint density at radius 1 is 1.05 bits per heavy atom. The lowest BCUT2D eigenvalue weighted by Gasteiger charge is -2.47. The van der Waals surface area contributed by atoms with Gasteiger partial charge in [0, 0.05) is 35.9 Å². The van der Waals surface area contributed by atoms with Crippen LogP contribution in [0.5, 0.6) is 0 Å². The standard InChI is InChI=1S/C28H35ClF2N2O4S/c1-16(2)33(17(3)4)15-28(35)19-6-7-20(28)13-22(12-19)38(36,37)26-11-18(5-9-23(26)29)27(34)32-21-8-10-24(30)25(31)14-21/h5,8-11,14,16-17,19-20,22,35H,6-7,12-13,15H2,1-4H3,(H,32,34)/t19-,20+,22-,28-. The molecule has 0 aromatic heterocycles. The molecule has 0 unspecified atom stereocenters. The normalized spacial score (nSPS) is 25.4. The molecule has 4 rings (SSSR count). The fourth-order valence-electron chi connectivity index (χ4n) is 6.20. The summed E-state index contributed by atoms with van der Waals surface area (Å²) in [5, 5.41) is 13.5. The van der Waals surface area contributed by atoms with Gasteiger partial charge in [-0.3, -0.25) is 9.69 Å². The summed E-state index contributed by atoms with van der Waals surface area (Å²) in [6.07, 6.45) is 2.17. The summed E-state index contributed by atoms with van der Waals surface area (Å²) in [7, 11) is -3.92. The Balaban J connectivity index is 1.56. The van der Waals surface area contributed by atoms with Gasteiger partial charge in [0.25, 0.3) is 5.91 Å². The summed E-state index contributed by atoms with van der Waals surface area (Å²) in [4.78, 5) is 14.9. The highest BCUT2D eigenvalue weighted by molar-refractivity contribution is 7.92. The van der Waals surface area contributed by atoms with Crippen LogP contribution in [0.3, 0.4) is 0 Å². The van der Waals surface area contributed by atoms with Gasteiger partial charge in [-0.05, 0) is 95.5 Å². The van der Waals surface area contributed by atoms with Crippen LogP contribution in [0.4, 0.5) is 14.5 Å². The molecule has 0 radical (unpaired) electrons. The second-order valence-electron chi connectivity index (χ2n) is 11.2. The fourth-order valence-corrected chi connectivity index (χ4v) is 8.60. The van der Waals surface area contributed by atoms with Crippen molar-refractivity contribution in [3.05, 3.63) is 58.6 Å². The molecule has 2 aliphatic carbocycles. The summed E-state index contributed by atoms with van der Waals surface area (Å²) in [5.74, 6) is -3.14. The van der Waals surface area contributed by atoms with E-state index in [0.29, 0.717) is 19.4 Å². The lowest BCUT2D eigenvalue weighted by Crippen LogP contribution is -2.57. The van der Waals surface area contributed by atoms with Crippen molar-refractivity contribution in [2.24, 2.45) is 11.8 Å². The topological polar surface area (TPSA) is 86.7 Å². The zero-order valence-electron chi connectivity index (χ0n) is 22.0. The van der Waals surface area contributed by atoms with Gasteiger partial charge in [-0.15, -0.1) is 0 Å². The number of rotatable bonds is 8. The average Bonchev–Trinajstić information content (AvgIpc) is 2.99. The molecular weight excluding hydrogens is 534 g/mol. The van der Waals surface area contributed by atoms with Gasteiger partial charge in [0.15, 0.2) is 21.5 Å². The Morgan fingerprint density at radius 3 is 2.21 bits per heavy atom. The van der Waals surface area contributed by atoms with Crippen LogP contribution in [0.1, 0.15) is 63.7 Å². The number of benzene rings is 2. The minimum Gasteiger partial charge on any atom is -0.388 e. The van der Waals surface area contributed by atoms with Crippen molar-refractivity contribution in [2.75, 3.05) is 11.9 Å². The molecule has 2 aromatic rings. The van der Waals surface area contributed by atoms with Crippen molar-refractivity contribution in [1.82, 2.24) is 4.90 Å². The quantitative estimate of drug-likeness (QED) is 0.428. The lowest BCUT2D eigenvalue weighted by molar-refractivity contribution is -0.0904. The van der Waals surface area contributed by atoms with Crippen molar-refractivity contribution in [3.63, 3.8) is 0 Å². The maximum absolute atomic E-state index is 13.8. The van der Waals surface area contributed by atoms with Crippen LogP contribution in [0.2, 0.25) is 5.02 Å². The fraction of sp³-hybridized carbons (Fsp3) is 0.536. The van der Waals surface area contributed by atoms with Crippen molar-refractivity contribution >= 4 is 33.0 Å². The molecule has 38 heavy (non-hydrogen) atoms. The molecule has 6 nitrogen and oxygen atoms in total. The number of sulfone groups is 1. The van der Waals surface area contributed by atoms with Crippen molar-refractivity contribution < 1.29 is 27.1 Å². The molecule has 208 valence electrons. The first kappa shape index (κ1) is 28.9. The zero-order valence-corrected chi connectivity index (χ0v) is 23.6.